The number of hydrogen-bond donors (Lipinski definition) is 2. The van der Waals surface area contributed by atoms with E-state index in [1.54, 1.807) is 12.1 Å². The zero-order chi connectivity index (χ0) is 16.7. The quantitative estimate of drug-likeness (QED) is 0.769. The number of halogens is 1. The molecular weight excluding hydrogens is 314 g/mol. The maximum atomic E-state index is 9.81. The van der Waals surface area contributed by atoms with Crippen LogP contribution in [0.2, 0.25) is 5.02 Å². The highest BCUT2D eigenvalue weighted by Gasteiger charge is 2.06. The van der Waals surface area contributed by atoms with Crippen molar-refractivity contribution in [1.82, 2.24) is 5.32 Å². The molecule has 0 aliphatic heterocycles. The van der Waals surface area contributed by atoms with Crippen LogP contribution in [-0.4, -0.2) is 30.4 Å². The molecule has 2 rings (SSSR count). The largest absolute Gasteiger partial charge is 0.491 e. The van der Waals surface area contributed by atoms with E-state index in [-0.39, 0.29) is 6.61 Å². The van der Waals surface area contributed by atoms with Crippen molar-refractivity contribution in [3.05, 3.63) is 53.6 Å². The molecule has 23 heavy (non-hydrogen) atoms. The summed E-state index contributed by atoms with van der Waals surface area (Å²) in [7, 11) is 0. The summed E-state index contributed by atoms with van der Waals surface area (Å²) in [4.78, 5) is 0. The maximum absolute atomic E-state index is 9.81. The summed E-state index contributed by atoms with van der Waals surface area (Å²) in [6.07, 6.45) is -0.539. The van der Waals surface area contributed by atoms with Gasteiger partial charge in [0.2, 0.25) is 0 Å². The highest BCUT2D eigenvalue weighted by atomic mass is 35.5. The zero-order valence-corrected chi connectivity index (χ0v) is 14.1. The Bertz CT molecular complexity index is 584. The third-order valence-corrected chi connectivity index (χ3v) is 3.33. The predicted octanol–water partition coefficient (Wildman–Crippen LogP) is 3.87. The Labute approximate surface area is 142 Å². The van der Waals surface area contributed by atoms with Gasteiger partial charge in [-0.1, -0.05) is 25.4 Å². The molecule has 0 aliphatic carbocycles. The molecule has 0 bridgehead atoms. The third-order valence-electron chi connectivity index (χ3n) is 3.08. The molecule has 0 heterocycles. The van der Waals surface area contributed by atoms with Gasteiger partial charge in [-0.2, -0.15) is 0 Å². The second-order valence-electron chi connectivity index (χ2n) is 5.56. The minimum atomic E-state index is -0.539. The van der Waals surface area contributed by atoms with Crippen LogP contribution in [0.1, 0.15) is 13.8 Å². The normalized spacial score (nSPS) is 12.2. The van der Waals surface area contributed by atoms with Crippen molar-refractivity contribution in [3.8, 4) is 17.2 Å². The molecule has 0 amide bonds. The Morgan fingerprint density at radius 1 is 0.957 bits per heavy atom. The number of rotatable bonds is 8. The molecule has 4 nitrogen and oxygen atoms in total. The number of benzene rings is 2. The van der Waals surface area contributed by atoms with E-state index in [1.807, 2.05) is 50.2 Å². The molecule has 0 spiro atoms. The van der Waals surface area contributed by atoms with E-state index in [0.717, 1.165) is 5.75 Å². The van der Waals surface area contributed by atoms with Crippen LogP contribution >= 0.6 is 11.6 Å². The molecule has 0 saturated heterocycles. The molecule has 0 aliphatic rings. The van der Waals surface area contributed by atoms with Gasteiger partial charge < -0.3 is 19.9 Å². The van der Waals surface area contributed by atoms with Gasteiger partial charge in [-0.3, -0.25) is 0 Å². The van der Waals surface area contributed by atoms with Crippen LogP contribution in [0.3, 0.4) is 0 Å². The molecule has 124 valence electrons. The van der Waals surface area contributed by atoms with Gasteiger partial charge in [0.1, 0.15) is 30.0 Å². The van der Waals surface area contributed by atoms with Crippen molar-refractivity contribution in [3.63, 3.8) is 0 Å². The van der Waals surface area contributed by atoms with Crippen molar-refractivity contribution in [2.75, 3.05) is 13.2 Å². The molecule has 5 heteroatoms. The Balaban J connectivity index is 1.81. The zero-order valence-electron chi connectivity index (χ0n) is 13.3. The van der Waals surface area contributed by atoms with Crippen LogP contribution in [0.15, 0.2) is 48.5 Å². The first-order valence-corrected chi connectivity index (χ1v) is 7.98. The molecule has 0 aromatic heterocycles. The number of aliphatic hydroxyl groups is 1. The van der Waals surface area contributed by atoms with Crippen LogP contribution in [0.25, 0.3) is 0 Å². The lowest BCUT2D eigenvalue weighted by atomic mass is 10.3. The van der Waals surface area contributed by atoms with Gasteiger partial charge in [0.15, 0.2) is 0 Å². The summed E-state index contributed by atoms with van der Waals surface area (Å²) in [5.41, 5.74) is 0. The van der Waals surface area contributed by atoms with Crippen LogP contribution in [-0.2, 0) is 0 Å². The van der Waals surface area contributed by atoms with E-state index < -0.39 is 6.10 Å². The minimum absolute atomic E-state index is 0.247. The van der Waals surface area contributed by atoms with E-state index in [4.69, 9.17) is 21.1 Å². The molecule has 2 aromatic carbocycles. The van der Waals surface area contributed by atoms with Gasteiger partial charge in [0.05, 0.1) is 0 Å². The highest BCUT2D eigenvalue weighted by Crippen LogP contribution is 2.25. The average Bonchev–Trinajstić information content (AvgIpc) is 2.54. The summed E-state index contributed by atoms with van der Waals surface area (Å²) in [6.45, 7) is 4.83. The fourth-order valence-corrected chi connectivity index (χ4v) is 1.99. The van der Waals surface area contributed by atoms with Crippen LogP contribution in [0.4, 0.5) is 0 Å². The standard InChI is InChI=1S/C18H22ClNO3/c1-13(2)20-11-15(21)12-22-16-7-9-18(10-8-16)23-17-5-3-14(19)4-6-17/h3-10,13,15,20-21H,11-12H2,1-2H3. The Hall–Kier alpha value is -1.75. The Kier molecular flexibility index (Phi) is 6.71. The topological polar surface area (TPSA) is 50.7 Å². The molecular formula is C18H22ClNO3. The molecule has 0 fully saturated rings. The number of hydrogen-bond acceptors (Lipinski definition) is 4. The minimum Gasteiger partial charge on any atom is -0.491 e. The van der Waals surface area contributed by atoms with Gasteiger partial charge in [0, 0.05) is 17.6 Å². The summed E-state index contributed by atoms with van der Waals surface area (Å²) in [6, 6.07) is 14.8. The molecule has 2 N–H and O–H groups in total. The van der Waals surface area contributed by atoms with Crippen molar-refractivity contribution in [2.24, 2.45) is 0 Å². The summed E-state index contributed by atoms with van der Waals surface area (Å²) < 4.78 is 11.3. The summed E-state index contributed by atoms with van der Waals surface area (Å²) in [5.74, 6) is 2.12. The van der Waals surface area contributed by atoms with Crippen molar-refractivity contribution < 1.29 is 14.6 Å². The van der Waals surface area contributed by atoms with Gasteiger partial charge >= 0.3 is 0 Å². The van der Waals surface area contributed by atoms with E-state index >= 15 is 0 Å². The molecule has 0 radical (unpaired) electrons. The number of aliphatic hydroxyl groups excluding tert-OH is 1. The summed E-state index contributed by atoms with van der Waals surface area (Å²) >= 11 is 5.84. The lowest BCUT2D eigenvalue weighted by Crippen LogP contribution is -2.35. The first-order chi connectivity index (χ1) is 11.0. The maximum Gasteiger partial charge on any atom is 0.127 e. The van der Waals surface area contributed by atoms with E-state index in [2.05, 4.69) is 5.32 Å². The summed E-state index contributed by atoms with van der Waals surface area (Å²) in [5, 5.41) is 13.6. The van der Waals surface area contributed by atoms with Gasteiger partial charge in [-0.15, -0.1) is 0 Å². The molecule has 2 aromatic rings. The lowest BCUT2D eigenvalue weighted by molar-refractivity contribution is 0.104. The van der Waals surface area contributed by atoms with E-state index in [9.17, 15) is 5.11 Å². The number of ether oxygens (including phenoxy) is 2. The second-order valence-corrected chi connectivity index (χ2v) is 5.99. The molecule has 0 saturated carbocycles. The molecule has 1 unspecified atom stereocenters. The second kappa shape index (κ2) is 8.77. The van der Waals surface area contributed by atoms with Gasteiger partial charge in [0.25, 0.3) is 0 Å². The fourth-order valence-electron chi connectivity index (χ4n) is 1.87. The van der Waals surface area contributed by atoms with Crippen molar-refractivity contribution >= 4 is 11.6 Å². The first-order valence-electron chi connectivity index (χ1n) is 7.60. The lowest BCUT2D eigenvalue weighted by Gasteiger charge is -2.15. The van der Waals surface area contributed by atoms with Crippen LogP contribution in [0, 0.1) is 0 Å². The molecule has 1 atom stereocenters. The van der Waals surface area contributed by atoms with Gasteiger partial charge in [-0.05, 0) is 48.5 Å². The SMILES string of the molecule is CC(C)NCC(O)COc1ccc(Oc2ccc(Cl)cc2)cc1. The van der Waals surface area contributed by atoms with Crippen LogP contribution in [0.5, 0.6) is 17.2 Å². The Morgan fingerprint density at radius 3 is 2.04 bits per heavy atom. The van der Waals surface area contributed by atoms with Crippen molar-refractivity contribution in [1.29, 1.82) is 0 Å². The van der Waals surface area contributed by atoms with Crippen molar-refractivity contribution in [2.45, 2.75) is 26.0 Å². The van der Waals surface area contributed by atoms with E-state index in [1.165, 1.54) is 0 Å². The highest BCUT2D eigenvalue weighted by molar-refractivity contribution is 6.30. The monoisotopic (exact) mass is 335 g/mol. The van der Waals surface area contributed by atoms with Gasteiger partial charge in [-0.25, -0.2) is 0 Å². The smallest absolute Gasteiger partial charge is 0.127 e. The Morgan fingerprint density at radius 2 is 1.48 bits per heavy atom. The van der Waals surface area contributed by atoms with E-state index in [0.29, 0.717) is 29.1 Å². The average molecular weight is 336 g/mol. The third kappa shape index (κ3) is 6.48. The fraction of sp³-hybridized carbons (Fsp3) is 0.333. The number of nitrogens with one attached hydrogen (secondary N) is 1. The van der Waals surface area contributed by atoms with Crippen LogP contribution < -0.4 is 14.8 Å². The first kappa shape index (κ1) is 17.6. The predicted molar refractivity (Wildman–Crippen MR) is 92.6 cm³/mol.